The molecule has 2 fully saturated rings. The number of fused-ring (bicyclic) bond motifs is 1. The van der Waals surface area contributed by atoms with Crippen LogP contribution in [0.15, 0.2) is 48.7 Å². The third-order valence-electron chi connectivity index (χ3n) is 5.69. The summed E-state index contributed by atoms with van der Waals surface area (Å²) in [4.78, 5) is 7.41. The van der Waals surface area contributed by atoms with Crippen molar-refractivity contribution in [1.29, 1.82) is 5.26 Å². The Labute approximate surface area is 159 Å². The van der Waals surface area contributed by atoms with Crippen molar-refractivity contribution < 1.29 is 0 Å². The molecule has 1 saturated carbocycles. The maximum absolute atomic E-state index is 9.06. The number of rotatable bonds is 3. The van der Waals surface area contributed by atoms with Crippen LogP contribution in [0.2, 0.25) is 0 Å². The summed E-state index contributed by atoms with van der Waals surface area (Å²) < 4.78 is 0. The number of para-hydroxylation sites is 1. The first-order valence-electron chi connectivity index (χ1n) is 9.73. The zero-order valence-corrected chi connectivity index (χ0v) is 15.3. The highest BCUT2D eigenvalue weighted by Gasteiger charge is 2.30. The molecule has 0 spiro atoms. The van der Waals surface area contributed by atoms with Gasteiger partial charge in [-0.15, -0.1) is 0 Å². The Kier molecular flexibility index (Phi) is 4.03. The molecule has 0 atom stereocenters. The summed E-state index contributed by atoms with van der Waals surface area (Å²) in [5, 5.41) is 13.8. The van der Waals surface area contributed by atoms with Gasteiger partial charge in [0.15, 0.2) is 0 Å². The van der Waals surface area contributed by atoms with E-state index in [1.807, 2.05) is 24.3 Å². The van der Waals surface area contributed by atoms with E-state index < -0.39 is 0 Å². The molecule has 0 bridgehead atoms. The van der Waals surface area contributed by atoms with Crippen molar-refractivity contribution in [2.24, 2.45) is 0 Å². The minimum atomic E-state index is 0.664. The highest BCUT2D eigenvalue weighted by molar-refractivity contribution is 5.98. The molecule has 1 aromatic heterocycles. The predicted molar refractivity (Wildman–Crippen MR) is 109 cm³/mol. The summed E-state index contributed by atoms with van der Waals surface area (Å²) in [6.45, 7) is 4.16. The summed E-state index contributed by atoms with van der Waals surface area (Å²) in [6.07, 6.45) is 4.65. The van der Waals surface area contributed by atoms with Crippen LogP contribution in [0.1, 0.15) is 29.9 Å². The summed E-state index contributed by atoms with van der Waals surface area (Å²) >= 11 is 0. The molecular weight excluding hydrogens is 332 g/mol. The summed E-state index contributed by atoms with van der Waals surface area (Å²) in [7, 11) is 0. The maximum atomic E-state index is 9.06. The Morgan fingerprint density at radius 2 is 1.81 bits per heavy atom. The van der Waals surface area contributed by atoms with Crippen LogP contribution < -0.4 is 10.2 Å². The number of pyridine rings is 1. The van der Waals surface area contributed by atoms with E-state index in [-0.39, 0.29) is 0 Å². The Balaban J connectivity index is 1.67. The Bertz CT molecular complexity index is 1020. The van der Waals surface area contributed by atoms with Crippen LogP contribution >= 0.6 is 0 Å². The molecule has 0 amide bonds. The molecule has 1 aliphatic heterocycles. The second kappa shape index (κ2) is 6.68. The van der Waals surface area contributed by atoms with Gasteiger partial charge < -0.3 is 10.2 Å². The normalized spacial score (nSPS) is 17.1. The Hall–Kier alpha value is -2.90. The molecule has 5 rings (SSSR count). The van der Waals surface area contributed by atoms with Crippen LogP contribution in [0.4, 0.5) is 5.69 Å². The molecule has 3 aromatic rings. The van der Waals surface area contributed by atoms with Gasteiger partial charge in [-0.1, -0.05) is 30.3 Å². The molecule has 1 saturated heterocycles. The predicted octanol–water partition coefficient (Wildman–Crippen LogP) is 4.06. The topological polar surface area (TPSA) is 52.0 Å². The molecular formula is C23H22N4. The van der Waals surface area contributed by atoms with E-state index in [1.165, 1.54) is 29.5 Å². The second-order valence-corrected chi connectivity index (χ2v) is 7.46. The monoisotopic (exact) mass is 354 g/mol. The molecule has 4 heteroatoms. The van der Waals surface area contributed by atoms with Crippen LogP contribution in [-0.4, -0.2) is 31.2 Å². The van der Waals surface area contributed by atoms with Gasteiger partial charge >= 0.3 is 0 Å². The van der Waals surface area contributed by atoms with Gasteiger partial charge in [0, 0.05) is 37.1 Å². The van der Waals surface area contributed by atoms with Crippen molar-refractivity contribution >= 4 is 16.6 Å². The van der Waals surface area contributed by atoms with Gasteiger partial charge in [0.05, 0.1) is 29.0 Å². The van der Waals surface area contributed by atoms with E-state index in [0.29, 0.717) is 11.5 Å². The molecule has 27 heavy (non-hydrogen) atoms. The number of hydrogen-bond acceptors (Lipinski definition) is 4. The molecule has 2 aromatic carbocycles. The summed E-state index contributed by atoms with van der Waals surface area (Å²) in [5.74, 6) is 0.664. The fraction of sp³-hybridized carbons (Fsp3) is 0.304. The molecule has 134 valence electrons. The number of anilines is 1. The van der Waals surface area contributed by atoms with Crippen LogP contribution in [0, 0.1) is 11.3 Å². The molecule has 0 radical (unpaired) electrons. The number of nitriles is 1. The average molecular weight is 354 g/mol. The first-order valence-corrected chi connectivity index (χ1v) is 9.73. The Morgan fingerprint density at radius 3 is 2.52 bits per heavy atom. The number of hydrogen-bond donors (Lipinski definition) is 1. The van der Waals surface area contributed by atoms with Crippen LogP contribution in [0.25, 0.3) is 22.0 Å². The summed E-state index contributed by atoms with van der Waals surface area (Å²) in [6, 6.07) is 16.5. The second-order valence-electron chi connectivity index (χ2n) is 7.46. The molecule has 2 aliphatic rings. The zero-order chi connectivity index (χ0) is 18.2. The highest BCUT2D eigenvalue weighted by Crippen LogP contribution is 2.48. The van der Waals surface area contributed by atoms with Crippen molar-refractivity contribution in [3.05, 3.63) is 59.8 Å². The first-order chi connectivity index (χ1) is 13.3. The minimum Gasteiger partial charge on any atom is -0.367 e. The lowest BCUT2D eigenvalue weighted by molar-refractivity contribution is 0.587. The molecule has 1 aliphatic carbocycles. The molecule has 2 heterocycles. The highest BCUT2D eigenvalue weighted by atomic mass is 15.2. The van der Waals surface area contributed by atoms with Crippen molar-refractivity contribution in [3.8, 4) is 17.2 Å². The SMILES string of the molecule is N#Cc1ccc(-c2cccc3c(C4CC4)c(N4CCNCC4)cnc23)cc1. The van der Waals surface area contributed by atoms with E-state index in [1.54, 1.807) is 0 Å². The smallest absolute Gasteiger partial charge is 0.0991 e. The van der Waals surface area contributed by atoms with Gasteiger partial charge in [0.25, 0.3) is 0 Å². The van der Waals surface area contributed by atoms with Gasteiger partial charge in [-0.05, 0) is 42.0 Å². The Morgan fingerprint density at radius 1 is 1.04 bits per heavy atom. The van der Waals surface area contributed by atoms with Crippen LogP contribution in [-0.2, 0) is 0 Å². The molecule has 4 nitrogen and oxygen atoms in total. The van der Waals surface area contributed by atoms with Gasteiger partial charge in [-0.2, -0.15) is 5.26 Å². The number of nitrogens with zero attached hydrogens (tertiary/aromatic N) is 3. The molecule has 0 unspecified atom stereocenters. The lowest BCUT2D eigenvalue weighted by Crippen LogP contribution is -2.44. The van der Waals surface area contributed by atoms with Crippen molar-refractivity contribution in [3.63, 3.8) is 0 Å². The third kappa shape index (κ3) is 2.94. The van der Waals surface area contributed by atoms with E-state index in [0.717, 1.165) is 42.8 Å². The fourth-order valence-corrected chi connectivity index (χ4v) is 4.15. The minimum absolute atomic E-state index is 0.664. The summed E-state index contributed by atoms with van der Waals surface area (Å²) in [5.41, 5.74) is 6.82. The third-order valence-corrected chi connectivity index (χ3v) is 5.69. The van der Waals surface area contributed by atoms with E-state index in [4.69, 9.17) is 10.2 Å². The van der Waals surface area contributed by atoms with Crippen molar-refractivity contribution in [1.82, 2.24) is 10.3 Å². The zero-order valence-electron chi connectivity index (χ0n) is 15.3. The van der Waals surface area contributed by atoms with Crippen molar-refractivity contribution in [2.45, 2.75) is 18.8 Å². The van der Waals surface area contributed by atoms with Gasteiger partial charge in [-0.3, -0.25) is 4.98 Å². The average Bonchev–Trinajstić information content (AvgIpc) is 3.58. The van der Waals surface area contributed by atoms with Gasteiger partial charge in [0.1, 0.15) is 0 Å². The number of nitrogens with one attached hydrogen (secondary N) is 1. The standard InChI is InChI=1S/C23H22N4/c24-14-16-4-6-17(7-5-16)19-2-1-3-20-22(18-8-9-18)21(15-26-23(19)20)27-12-10-25-11-13-27/h1-7,15,18,25H,8-13H2. The van der Waals surface area contributed by atoms with Gasteiger partial charge in [0.2, 0.25) is 0 Å². The number of benzene rings is 2. The van der Waals surface area contributed by atoms with E-state index >= 15 is 0 Å². The fourth-order valence-electron chi connectivity index (χ4n) is 4.15. The lowest BCUT2D eigenvalue weighted by atomic mass is 9.96. The maximum Gasteiger partial charge on any atom is 0.0991 e. The van der Waals surface area contributed by atoms with Crippen molar-refractivity contribution in [2.75, 3.05) is 31.1 Å². The van der Waals surface area contributed by atoms with Crippen LogP contribution in [0.3, 0.4) is 0 Å². The number of aromatic nitrogens is 1. The quantitative estimate of drug-likeness (QED) is 0.771. The van der Waals surface area contributed by atoms with Gasteiger partial charge in [-0.25, -0.2) is 0 Å². The van der Waals surface area contributed by atoms with Crippen LogP contribution in [0.5, 0.6) is 0 Å². The first kappa shape index (κ1) is 16.3. The van der Waals surface area contributed by atoms with E-state index in [9.17, 15) is 0 Å². The molecule has 1 N–H and O–H groups in total. The number of piperazine rings is 1. The largest absolute Gasteiger partial charge is 0.367 e. The lowest BCUT2D eigenvalue weighted by Gasteiger charge is -2.31. The van der Waals surface area contributed by atoms with E-state index in [2.05, 4.69) is 40.7 Å².